The lowest BCUT2D eigenvalue weighted by Gasteiger charge is -2.38. The van der Waals surface area contributed by atoms with Crippen LogP contribution in [0.5, 0.6) is 0 Å². The summed E-state index contributed by atoms with van der Waals surface area (Å²) in [5.41, 5.74) is 2.29. The zero-order valence-corrected chi connectivity index (χ0v) is 18.4. The molecule has 0 saturated carbocycles. The molecule has 0 aliphatic carbocycles. The second-order valence-corrected chi connectivity index (χ2v) is 9.39. The number of aryl methyl sites for hydroxylation is 1. The fourth-order valence-corrected chi connectivity index (χ4v) is 5.44. The molecule has 2 aromatic rings. The summed E-state index contributed by atoms with van der Waals surface area (Å²) in [6.45, 7) is 8.78. The smallest absolute Gasteiger partial charge is 0.265 e. The molecule has 1 aromatic carbocycles. The van der Waals surface area contributed by atoms with Crippen LogP contribution in [0.1, 0.15) is 27.2 Å². The summed E-state index contributed by atoms with van der Waals surface area (Å²) in [7, 11) is 0. The van der Waals surface area contributed by atoms with E-state index in [1.807, 2.05) is 29.3 Å². The number of amides is 1. The first-order chi connectivity index (χ1) is 13.5. The first-order valence-corrected chi connectivity index (χ1v) is 11.4. The number of halogens is 2. The Morgan fingerprint density at radius 3 is 2.46 bits per heavy atom. The molecule has 7 heteroatoms. The van der Waals surface area contributed by atoms with Crippen LogP contribution in [-0.4, -0.2) is 65.9 Å². The van der Waals surface area contributed by atoms with E-state index >= 15 is 0 Å². The molecule has 0 spiro atoms. The van der Waals surface area contributed by atoms with Crippen molar-refractivity contribution in [2.45, 2.75) is 25.9 Å². The average molecular weight is 438 g/mol. The van der Waals surface area contributed by atoms with Crippen molar-refractivity contribution in [3.8, 4) is 0 Å². The Morgan fingerprint density at radius 1 is 1.11 bits per heavy atom. The molecule has 0 radical (unpaired) electrons. The van der Waals surface area contributed by atoms with Gasteiger partial charge in [-0.25, -0.2) is 0 Å². The number of thiophene rings is 1. The monoisotopic (exact) mass is 437 g/mol. The summed E-state index contributed by atoms with van der Waals surface area (Å²) in [6, 6.07) is 8.58. The number of carbonyl (C=O) groups is 1. The highest BCUT2D eigenvalue weighted by atomic mass is 35.5. The van der Waals surface area contributed by atoms with Gasteiger partial charge in [-0.15, -0.1) is 11.3 Å². The van der Waals surface area contributed by atoms with E-state index in [2.05, 4.69) is 21.9 Å². The van der Waals surface area contributed by atoms with Crippen molar-refractivity contribution in [3.05, 3.63) is 55.7 Å². The molecular formula is C21H25Cl2N3OS. The molecule has 0 bridgehead atoms. The maximum Gasteiger partial charge on any atom is 0.265 e. The van der Waals surface area contributed by atoms with Crippen molar-refractivity contribution >= 4 is 40.4 Å². The molecule has 4 nitrogen and oxygen atoms in total. The molecular weight excluding hydrogens is 413 g/mol. The van der Waals surface area contributed by atoms with Crippen LogP contribution >= 0.6 is 34.5 Å². The van der Waals surface area contributed by atoms with Crippen LogP contribution in [0.3, 0.4) is 0 Å². The molecule has 1 amide bonds. The fourth-order valence-electron chi connectivity index (χ4n) is 4.08. The first kappa shape index (κ1) is 20.2. The van der Waals surface area contributed by atoms with E-state index in [4.69, 9.17) is 23.2 Å². The lowest BCUT2D eigenvalue weighted by atomic mass is 10.1. The normalized spacial score (nSPS) is 21.4. The standard InChI is InChI=1S/C21H25Cl2N3OS/c1-15-14-28-20(19(15)23)21(27)26-7-6-18(13-26)25-10-8-24(9-11-25)12-16-2-4-17(22)5-3-16/h2-5,14,18H,6-13H2,1H3/t18-/m1/s1. The van der Waals surface area contributed by atoms with Crippen molar-refractivity contribution in [1.82, 2.24) is 14.7 Å². The Bertz CT molecular complexity index is 831. The number of carbonyl (C=O) groups excluding carboxylic acids is 1. The predicted molar refractivity (Wildman–Crippen MR) is 117 cm³/mol. The molecule has 0 N–H and O–H groups in total. The molecule has 3 heterocycles. The number of piperazine rings is 1. The minimum atomic E-state index is 0.0898. The average Bonchev–Trinajstić information content (AvgIpc) is 3.32. The van der Waals surface area contributed by atoms with Crippen molar-refractivity contribution in [3.63, 3.8) is 0 Å². The summed E-state index contributed by atoms with van der Waals surface area (Å²) in [5, 5.41) is 3.37. The van der Waals surface area contributed by atoms with E-state index in [1.165, 1.54) is 16.9 Å². The highest BCUT2D eigenvalue weighted by Crippen LogP contribution is 2.30. The van der Waals surface area contributed by atoms with Crippen LogP contribution in [-0.2, 0) is 6.54 Å². The van der Waals surface area contributed by atoms with Crippen LogP contribution in [0.2, 0.25) is 10.0 Å². The van der Waals surface area contributed by atoms with E-state index in [0.29, 0.717) is 15.9 Å². The molecule has 2 aliphatic rings. The van der Waals surface area contributed by atoms with E-state index in [9.17, 15) is 4.79 Å². The maximum atomic E-state index is 12.8. The van der Waals surface area contributed by atoms with E-state index in [0.717, 1.165) is 62.8 Å². The largest absolute Gasteiger partial charge is 0.336 e. The van der Waals surface area contributed by atoms with Crippen LogP contribution in [0.15, 0.2) is 29.6 Å². The SMILES string of the molecule is Cc1csc(C(=O)N2CC[C@@H](N3CCN(Cc4ccc(Cl)cc4)CC3)C2)c1Cl. The maximum absolute atomic E-state index is 12.8. The molecule has 2 saturated heterocycles. The minimum Gasteiger partial charge on any atom is -0.336 e. The number of hydrogen-bond acceptors (Lipinski definition) is 4. The van der Waals surface area contributed by atoms with Crippen molar-refractivity contribution in [2.75, 3.05) is 39.3 Å². The molecule has 2 aliphatic heterocycles. The minimum absolute atomic E-state index is 0.0898. The quantitative estimate of drug-likeness (QED) is 0.708. The fraction of sp³-hybridized carbons (Fsp3) is 0.476. The molecule has 1 aromatic heterocycles. The number of benzene rings is 1. The number of nitrogens with zero attached hydrogens (tertiary/aromatic N) is 3. The molecule has 1 atom stereocenters. The van der Waals surface area contributed by atoms with Crippen LogP contribution in [0, 0.1) is 6.92 Å². The topological polar surface area (TPSA) is 26.8 Å². The number of rotatable bonds is 4. The van der Waals surface area contributed by atoms with Gasteiger partial charge in [-0.2, -0.15) is 0 Å². The Balaban J connectivity index is 1.28. The van der Waals surface area contributed by atoms with Gasteiger partial charge in [0.1, 0.15) is 4.88 Å². The second-order valence-electron chi connectivity index (χ2n) is 7.69. The predicted octanol–water partition coefficient (Wildman–Crippen LogP) is 4.40. The van der Waals surface area contributed by atoms with Crippen LogP contribution in [0.4, 0.5) is 0 Å². The molecule has 4 rings (SSSR count). The van der Waals surface area contributed by atoms with E-state index in [-0.39, 0.29) is 5.91 Å². The number of hydrogen-bond donors (Lipinski definition) is 0. The third kappa shape index (κ3) is 4.39. The van der Waals surface area contributed by atoms with Crippen LogP contribution < -0.4 is 0 Å². The van der Waals surface area contributed by atoms with Gasteiger partial charge in [0.05, 0.1) is 5.02 Å². The van der Waals surface area contributed by atoms with E-state index in [1.54, 1.807) is 0 Å². The molecule has 0 unspecified atom stereocenters. The zero-order valence-electron chi connectivity index (χ0n) is 16.0. The third-order valence-electron chi connectivity index (χ3n) is 5.79. The Morgan fingerprint density at radius 2 is 1.82 bits per heavy atom. The summed E-state index contributed by atoms with van der Waals surface area (Å²) >= 11 is 13.7. The second kappa shape index (κ2) is 8.72. The molecule has 28 heavy (non-hydrogen) atoms. The summed E-state index contributed by atoms with van der Waals surface area (Å²) in [6.07, 6.45) is 1.05. The summed E-state index contributed by atoms with van der Waals surface area (Å²) in [4.78, 5) is 20.5. The van der Waals surface area contributed by atoms with Gasteiger partial charge in [-0.1, -0.05) is 35.3 Å². The van der Waals surface area contributed by atoms with Gasteiger partial charge in [0.15, 0.2) is 0 Å². The van der Waals surface area contributed by atoms with Gasteiger partial charge in [0, 0.05) is 56.9 Å². The van der Waals surface area contributed by atoms with Gasteiger partial charge < -0.3 is 4.90 Å². The third-order valence-corrected chi connectivity index (χ3v) is 7.72. The Labute approximate surface area is 180 Å². The first-order valence-electron chi connectivity index (χ1n) is 9.75. The van der Waals surface area contributed by atoms with Crippen molar-refractivity contribution in [1.29, 1.82) is 0 Å². The highest BCUT2D eigenvalue weighted by molar-refractivity contribution is 7.13. The van der Waals surface area contributed by atoms with Crippen LogP contribution in [0.25, 0.3) is 0 Å². The Kier molecular flexibility index (Phi) is 6.28. The zero-order chi connectivity index (χ0) is 19.7. The summed E-state index contributed by atoms with van der Waals surface area (Å²) < 4.78 is 0. The van der Waals surface area contributed by atoms with Gasteiger partial charge in [0.25, 0.3) is 5.91 Å². The molecule has 150 valence electrons. The van der Waals surface area contributed by atoms with Crippen molar-refractivity contribution in [2.24, 2.45) is 0 Å². The number of likely N-dealkylation sites (tertiary alicyclic amines) is 1. The van der Waals surface area contributed by atoms with Gasteiger partial charge in [-0.3, -0.25) is 14.6 Å². The summed E-state index contributed by atoms with van der Waals surface area (Å²) in [5.74, 6) is 0.0898. The van der Waals surface area contributed by atoms with E-state index < -0.39 is 0 Å². The highest BCUT2D eigenvalue weighted by Gasteiger charge is 2.33. The lowest BCUT2D eigenvalue weighted by molar-refractivity contribution is 0.0738. The van der Waals surface area contributed by atoms with Gasteiger partial charge in [0.2, 0.25) is 0 Å². The van der Waals surface area contributed by atoms with Gasteiger partial charge in [-0.05, 0) is 42.0 Å². The Hall–Kier alpha value is -1.11. The van der Waals surface area contributed by atoms with Gasteiger partial charge >= 0.3 is 0 Å². The lowest BCUT2D eigenvalue weighted by Crippen LogP contribution is -2.50. The molecule has 2 fully saturated rings. The van der Waals surface area contributed by atoms with Crippen molar-refractivity contribution < 1.29 is 4.79 Å².